The Kier molecular flexibility index (Phi) is 6.24. The normalized spacial score (nSPS) is 14.3. The standard InChI is InChI=1S/C23H28N4O/c1-5-17(3)26-16-15-24-22(26)13-11-19(28)12-14-23-25-20-9-7-8-10-21(20)27(23)18(4)6-2/h7-18H,5-6H2,1-4H3/b13-11+,14-12+. The van der Waals surface area contributed by atoms with Gasteiger partial charge in [0.2, 0.25) is 0 Å². The van der Waals surface area contributed by atoms with Crippen LogP contribution in [0.1, 0.15) is 64.3 Å². The number of fused-ring (bicyclic) bond motifs is 1. The summed E-state index contributed by atoms with van der Waals surface area (Å²) in [5, 5.41) is 0. The predicted molar refractivity (Wildman–Crippen MR) is 115 cm³/mol. The van der Waals surface area contributed by atoms with Crippen molar-refractivity contribution in [3.8, 4) is 0 Å². The number of allylic oxidation sites excluding steroid dienone is 2. The fraction of sp³-hybridized carbons (Fsp3) is 0.348. The number of nitrogens with zero attached hydrogens (tertiary/aromatic N) is 4. The molecule has 0 N–H and O–H groups in total. The number of carbonyl (C=O) groups excluding carboxylic acids is 1. The zero-order valence-corrected chi connectivity index (χ0v) is 17.0. The fourth-order valence-corrected chi connectivity index (χ4v) is 3.22. The highest BCUT2D eigenvalue weighted by molar-refractivity contribution is 6.04. The van der Waals surface area contributed by atoms with E-state index in [-0.39, 0.29) is 5.78 Å². The van der Waals surface area contributed by atoms with Gasteiger partial charge in [-0.15, -0.1) is 0 Å². The average Bonchev–Trinajstić information content (AvgIpc) is 3.33. The number of hydrogen-bond acceptors (Lipinski definition) is 3. The van der Waals surface area contributed by atoms with Gasteiger partial charge in [0.05, 0.1) is 11.0 Å². The second-order valence-corrected chi connectivity index (χ2v) is 7.11. The van der Waals surface area contributed by atoms with Crippen LogP contribution in [0.15, 0.2) is 48.8 Å². The second-order valence-electron chi connectivity index (χ2n) is 7.11. The number of imidazole rings is 2. The maximum absolute atomic E-state index is 12.4. The van der Waals surface area contributed by atoms with Crippen LogP contribution in [-0.4, -0.2) is 24.9 Å². The average molecular weight is 377 g/mol. The zero-order chi connectivity index (χ0) is 20.1. The summed E-state index contributed by atoms with van der Waals surface area (Å²) in [6.07, 6.45) is 12.4. The first-order chi connectivity index (χ1) is 13.5. The molecule has 0 fully saturated rings. The van der Waals surface area contributed by atoms with Crippen LogP contribution >= 0.6 is 0 Å². The number of ketones is 1. The van der Waals surface area contributed by atoms with Crippen LogP contribution in [0.25, 0.3) is 23.2 Å². The van der Waals surface area contributed by atoms with Crippen LogP contribution in [0, 0.1) is 0 Å². The van der Waals surface area contributed by atoms with Gasteiger partial charge in [0, 0.05) is 24.5 Å². The molecule has 0 aliphatic rings. The molecule has 2 unspecified atom stereocenters. The number of aromatic nitrogens is 4. The molecule has 5 heteroatoms. The molecule has 0 radical (unpaired) electrons. The van der Waals surface area contributed by atoms with E-state index in [0.29, 0.717) is 12.1 Å². The Morgan fingerprint density at radius 2 is 1.71 bits per heavy atom. The number of carbonyl (C=O) groups is 1. The van der Waals surface area contributed by atoms with E-state index in [9.17, 15) is 4.79 Å². The first-order valence-corrected chi connectivity index (χ1v) is 9.95. The third-order valence-electron chi connectivity index (χ3n) is 5.21. The van der Waals surface area contributed by atoms with E-state index >= 15 is 0 Å². The fourth-order valence-electron chi connectivity index (χ4n) is 3.22. The van der Waals surface area contributed by atoms with Gasteiger partial charge in [-0.25, -0.2) is 9.97 Å². The molecule has 0 saturated heterocycles. The van der Waals surface area contributed by atoms with Crippen molar-refractivity contribution in [1.29, 1.82) is 0 Å². The first-order valence-electron chi connectivity index (χ1n) is 9.95. The molecule has 5 nitrogen and oxygen atoms in total. The van der Waals surface area contributed by atoms with E-state index < -0.39 is 0 Å². The van der Waals surface area contributed by atoms with E-state index in [2.05, 4.69) is 47.9 Å². The van der Waals surface area contributed by atoms with Crippen molar-refractivity contribution in [2.45, 2.75) is 52.6 Å². The monoisotopic (exact) mass is 376 g/mol. The molecule has 0 amide bonds. The molecule has 2 heterocycles. The topological polar surface area (TPSA) is 52.7 Å². The largest absolute Gasteiger partial charge is 0.329 e. The lowest BCUT2D eigenvalue weighted by Gasteiger charge is -2.14. The summed E-state index contributed by atoms with van der Waals surface area (Å²) in [7, 11) is 0. The van der Waals surface area contributed by atoms with Crippen LogP contribution in [0.5, 0.6) is 0 Å². The molecule has 0 saturated carbocycles. The number of benzene rings is 1. The lowest BCUT2D eigenvalue weighted by molar-refractivity contribution is -0.110. The minimum absolute atomic E-state index is 0.0820. The number of para-hydroxylation sites is 2. The molecule has 0 aliphatic carbocycles. The molecule has 0 spiro atoms. The predicted octanol–water partition coefficient (Wildman–Crippen LogP) is 5.47. The molecule has 1 aromatic carbocycles. The summed E-state index contributed by atoms with van der Waals surface area (Å²) in [4.78, 5) is 21.4. The van der Waals surface area contributed by atoms with E-state index in [1.807, 2.05) is 24.4 Å². The van der Waals surface area contributed by atoms with Gasteiger partial charge in [0.25, 0.3) is 0 Å². The molecule has 2 atom stereocenters. The summed E-state index contributed by atoms with van der Waals surface area (Å²) >= 11 is 0. The molecule has 146 valence electrons. The highest BCUT2D eigenvalue weighted by Crippen LogP contribution is 2.23. The zero-order valence-electron chi connectivity index (χ0n) is 17.0. The Bertz CT molecular complexity index is 1010. The van der Waals surface area contributed by atoms with Gasteiger partial charge in [-0.2, -0.15) is 0 Å². The van der Waals surface area contributed by atoms with Crippen molar-refractivity contribution < 1.29 is 4.79 Å². The van der Waals surface area contributed by atoms with E-state index in [1.54, 1.807) is 30.5 Å². The maximum atomic E-state index is 12.4. The van der Waals surface area contributed by atoms with Crippen molar-refractivity contribution in [3.05, 3.63) is 60.5 Å². The van der Waals surface area contributed by atoms with Crippen molar-refractivity contribution in [1.82, 2.24) is 19.1 Å². The molecule has 0 aliphatic heterocycles. The van der Waals surface area contributed by atoms with Crippen LogP contribution in [0.3, 0.4) is 0 Å². The third-order valence-corrected chi connectivity index (χ3v) is 5.21. The third kappa shape index (κ3) is 4.14. The molecule has 3 rings (SSSR count). The number of rotatable bonds is 8. The molecular formula is C23H28N4O. The summed E-state index contributed by atoms with van der Waals surface area (Å²) in [5.41, 5.74) is 2.04. The molecule has 0 bridgehead atoms. The molecule has 2 aromatic heterocycles. The summed E-state index contributed by atoms with van der Waals surface area (Å²) in [6.45, 7) is 8.59. The highest BCUT2D eigenvalue weighted by atomic mass is 16.1. The van der Waals surface area contributed by atoms with Crippen molar-refractivity contribution in [2.75, 3.05) is 0 Å². The highest BCUT2D eigenvalue weighted by Gasteiger charge is 2.12. The van der Waals surface area contributed by atoms with Gasteiger partial charge in [-0.05, 0) is 63.1 Å². The first kappa shape index (κ1) is 19.8. The SMILES string of the molecule is CCC(C)n1ccnc1/C=C/C(=O)/C=C/c1nc2ccccc2n1C(C)CC. The van der Waals surface area contributed by atoms with Crippen LogP contribution < -0.4 is 0 Å². The second kappa shape index (κ2) is 8.83. The molecule has 3 aromatic rings. The minimum Gasteiger partial charge on any atom is -0.329 e. The van der Waals surface area contributed by atoms with Crippen LogP contribution in [-0.2, 0) is 4.79 Å². The Balaban J connectivity index is 1.82. The Hall–Kier alpha value is -2.95. The summed E-state index contributed by atoms with van der Waals surface area (Å²) in [6, 6.07) is 8.73. The van der Waals surface area contributed by atoms with Crippen molar-refractivity contribution in [2.24, 2.45) is 0 Å². The van der Waals surface area contributed by atoms with Gasteiger partial charge in [0.15, 0.2) is 5.78 Å². The lowest BCUT2D eigenvalue weighted by atomic mass is 10.2. The quantitative estimate of drug-likeness (QED) is 0.490. The van der Waals surface area contributed by atoms with Gasteiger partial charge in [-0.3, -0.25) is 4.79 Å². The van der Waals surface area contributed by atoms with E-state index in [0.717, 1.165) is 35.5 Å². The smallest absolute Gasteiger partial charge is 0.178 e. The summed E-state index contributed by atoms with van der Waals surface area (Å²) < 4.78 is 4.27. The Morgan fingerprint density at radius 1 is 1.04 bits per heavy atom. The summed E-state index contributed by atoms with van der Waals surface area (Å²) in [5.74, 6) is 1.52. The van der Waals surface area contributed by atoms with Gasteiger partial charge in [0.1, 0.15) is 11.6 Å². The minimum atomic E-state index is -0.0820. The van der Waals surface area contributed by atoms with Crippen LogP contribution in [0.4, 0.5) is 0 Å². The van der Waals surface area contributed by atoms with Gasteiger partial charge < -0.3 is 9.13 Å². The van der Waals surface area contributed by atoms with E-state index in [1.165, 1.54) is 0 Å². The Morgan fingerprint density at radius 3 is 2.43 bits per heavy atom. The van der Waals surface area contributed by atoms with E-state index in [4.69, 9.17) is 4.98 Å². The Labute approximate surface area is 166 Å². The molecule has 28 heavy (non-hydrogen) atoms. The maximum Gasteiger partial charge on any atom is 0.178 e. The van der Waals surface area contributed by atoms with Gasteiger partial charge in [-0.1, -0.05) is 26.0 Å². The van der Waals surface area contributed by atoms with Crippen molar-refractivity contribution >= 4 is 29.0 Å². The van der Waals surface area contributed by atoms with Crippen LogP contribution in [0.2, 0.25) is 0 Å². The van der Waals surface area contributed by atoms with Crippen molar-refractivity contribution in [3.63, 3.8) is 0 Å². The lowest BCUT2D eigenvalue weighted by Crippen LogP contribution is -2.06. The number of hydrogen-bond donors (Lipinski definition) is 0. The van der Waals surface area contributed by atoms with Gasteiger partial charge >= 0.3 is 0 Å². The molecular weight excluding hydrogens is 348 g/mol.